The van der Waals surface area contributed by atoms with Crippen LogP contribution in [-0.2, 0) is 35.1 Å². The highest BCUT2D eigenvalue weighted by Gasteiger charge is 2.46. The lowest BCUT2D eigenvalue weighted by Crippen LogP contribution is -2.60. The van der Waals surface area contributed by atoms with Gasteiger partial charge in [0.2, 0.25) is 11.8 Å². The Bertz CT molecular complexity index is 1490. The average Bonchev–Trinajstić information content (AvgIpc) is 3.57. The normalized spacial score (nSPS) is 20.3. The number of rotatable bonds is 18. The van der Waals surface area contributed by atoms with Crippen molar-refractivity contribution in [2.45, 2.75) is 174 Å². The van der Waals surface area contributed by atoms with Gasteiger partial charge in [0, 0.05) is 36.9 Å². The summed E-state index contributed by atoms with van der Waals surface area (Å²) in [7, 11) is 0. The van der Waals surface area contributed by atoms with Gasteiger partial charge < -0.3 is 35.3 Å². The number of esters is 1. The molecule has 3 rings (SSSR count). The van der Waals surface area contributed by atoms with Crippen LogP contribution >= 0.6 is 0 Å². The van der Waals surface area contributed by atoms with Gasteiger partial charge in [0.05, 0.1) is 12.0 Å². The van der Waals surface area contributed by atoms with Gasteiger partial charge in [-0.3, -0.25) is 14.4 Å². The summed E-state index contributed by atoms with van der Waals surface area (Å²) in [4.78, 5) is 67.0. The number of nitrogens with one attached hydrogen (secondary N) is 2. The fraction of sp³-hybridized carbons (Fsp3) is 0.698. The maximum Gasteiger partial charge on any atom is 0.408 e. The largest absolute Gasteiger partial charge is 0.480 e. The molecule has 2 saturated heterocycles. The number of carbonyl (C=O) groups is 5. The SMILES string of the molecule is CC(C)C[C@@H](/C=C/[C@H](Cc1ccccc1)C(=O)N1CCC[C@H]1C(=O)N[C@H](CCCCCC(=O)OC1CC(C)(C)N(O)C(C)(C)C1)C(=O)O)NC(=O)OC(C)(C)C. The average molecular weight is 785 g/mol. The summed E-state index contributed by atoms with van der Waals surface area (Å²) >= 11 is 0. The topological polar surface area (TPSA) is 175 Å². The van der Waals surface area contributed by atoms with E-state index in [4.69, 9.17) is 9.47 Å². The number of nitrogens with zero attached hydrogens (tertiary/aromatic N) is 2. The Morgan fingerprint density at radius 3 is 2.18 bits per heavy atom. The van der Waals surface area contributed by atoms with Crippen LogP contribution in [0.5, 0.6) is 0 Å². The number of hydrogen-bond acceptors (Lipinski definition) is 9. The van der Waals surface area contributed by atoms with E-state index >= 15 is 0 Å². The molecule has 4 N–H and O–H groups in total. The number of unbranched alkanes of at least 4 members (excludes halogenated alkanes) is 2. The second kappa shape index (κ2) is 20.5. The fourth-order valence-electron chi connectivity index (χ4n) is 7.87. The van der Waals surface area contributed by atoms with E-state index in [9.17, 15) is 34.3 Å². The summed E-state index contributed by atoms with van der Waals surface area (Å²) in [6.07, 6.45) is 7.75. The van der Waals surface area contributed by atoms with Crippen LogP contribution in [0.3, 0.4) is 0 Å². The van der Waals surface area contributed by atoms with Gasteiger partial charge >= 0.3 is 18.0 Å². The fourth-order valence-corrected chi connectivity index (χ4v) is 7.87. The van der Waals surface area contributed by atoms with Crippen LogP contribution in [0.1, 0.15) is 132 Å². The summed E-state index contributed by atoms with van der Waals surface area (Å²) in [5, 5.41) is 27.5. The van der Waals surface area contributed by atoms with Gasteiger partial charge in [-0.2, -0.15) is 5.06 Å². The van der Waals surface area contributed by atoms with Gasteiger partial charge in [0.25, 0.3) is 0 Å². The Morgan fingerprint density at radius 2 is 1.59 bits per heavy atom. The number of hydrogen-bond donors (Lipinski definition) is 4. The van der Waals surface area contributed by atoms with Gasteiger partial charge in [-0.05, 0) is 98.5 Å². The molecule has 0 radical (unpaired) electrons. The molecular weight excluding hydrogens is 716 g/mol. The summed E-state index contributed by atoms with van der Waals surface area (Å²) in [5.41, 5.74) is -0.800. The van der Waals surface area contributed by atoms with Crippen molar-refractivity contribution in [2.75, 3.05) is 6.54 Å². The minimum atomic E-state index is -1.16. The molecule has 0 bridgehead atoms. The molecule has 2 aliphatic heterocycles. The first kappa shape index (κ1) is 46.4. The molecular formula is C43H68N4O9. The van der Waals surface area contributed by atoms with Crippen molar-refractivity contribution in [3.8, 4) is 0 Å². The smallest absolute Gasteiger partial charge is 0.408 e. The zero-order valence-corrected chi connectivity index (χ0v) is 35.1. The van der Waals surface area contributed by atoms with Crippen molar-refractivity contribution >= 4 is 29.8 Å². The summed E-state index contributed by atoms with van der Waals surface area (Å²) in [6, 6.07) is 7.24. The Hall–Kier alpha value is -3.97. The summed E-state index contributed by atoms with van der Waals surface area (Å²) in [5.74, 6) is -2.61. The van der Waals surface area contributed by atoms with E-state index in [0.717, 1.165) is 5.56 Å². The number of carboxylic acids is 1. The third-order valence-electron chi connectivity index (χ3n) is 10.3. The van der Waals surface area contributed by atoms with Crippen molar-refractivity contribution in [3.63, 3.8) is 0 Å². The summed E-state index contributed by atoms with van der Waals surface area (Å²) < 4.78 is 11.2. The second-order valence-electron chi connectivity index (χ2n) is 18.2. The van der Waals surface area contributed by atoms with Crippen LogP contribution in [0.25, 0.3) is 0 Å². The van der Waals surface area contributed by atoms with Crippen molar-refractivity contribution in [3.05, 3.63) is 48.0 Å². The molecule has 56 heavy (non-hydrogen) atoms. The standard InChI is InChI=1S/C43H68N4O9/c1-29(2)25-32(44-40(53)56-41(3,4)5)23-22-31(26-30-17-12-10-13-18-30)38(50)46-24-16-20-35(46)37(49)45-34(39(51)52)19-14-11-15-21-36(48)55-33-27-42(6,7)47(54)43(8,9)28-33/h10,12-13,17-18,22-23,29,31-35,54H,11,14-16,19-21,24-28H2,1-9H3,(H,44,53)(H,45,49)(H,51,52)/b23-22+/t31-,32-,34-,35+/m1/s1. The first-order valence-corrected chi connectivity index (χ1v) is 20.3. The molecule has 2 heterocycles. The Balaban J connectivity index is 1.61. The van der Waals surface area contributed by atoms with Crippen LogP contribution in [-0.4, -0.2) is 97.6 Å². The van der Waals surface area contributed by atoms with Crippen molar-refractivity contribution < 1.29 is 43.8 Å². The second-order valence-corrected chi connectivity index (χ2v) is 18.2. The highest BCUT2D eigenvalue weighted by Crippen LogP contribution is 2.38. The highest BCUT2D eigenvalue weighted by atomic mass is 16.6. The molecule has 0 aliphatic carbocycles. The molecule has 3 amide bonds. The number of carboxylic acid groups (broad SMARTS) is 1. The van der Waals surface area contributed by atoms with E-state index in [2.05, 4.69) is 10.6 Å². The predicted octanol–water partition coefficient (Wildman–Crippen LogP) is 6.81. The minimum absolute atomic E-state index is 0.176. The number of piperidine rings is 1. The van der Waals surface area contributed by atoms with Crippen LogP contribution in [0.2, 0.25) is 0 Å². The molecule has 314 valence electrons. The molecule has 13 nitrogen and oxygen atoms in total. The molecule has 2 fully saturated rings. The molecule has 0 spiro atoms. The Labute approximate surface area is 333 Å². The minimum Gasteiger partial charge on any atom is -0.480 e. The van der Waals surface area contributed by atoms with E-state index in [1.165, 1.54) is 5.06 Å². The lowest BCUT2D eigenvalue weighted by molar-refractivity contribution is -0.259. The number of carbonyl (C=O) groups excluding carboxylic acids is 4. The molecule has 0 saturated carbocycles. The summed E-state index contributed by atoms with van der Waals surface area (Å²) in [6.45, 7) is 17.5. The molecule has 1 aromatic rings. The zero-order valence-electron chi connectivity index (χ0n) is 35.1. The van der Waals surface area contributed by atoms with Gasteiger partial charge in [-0.15, -0.1) is 0 Å². The third-order valence-corrected chi connectivity index (χ3v) is 10.3. The van der Waals surface area contributed by atoms with Crippen LogP contribution < -0.4 is 10.6 Å². The first-order valence-electron chi connectivity index (χ1n) is 20.3. The number of aliphatic carboxylic acids is 1. The molecule has 2 aliphatic rings. The van der Waals surface area contributed by atoms with E-state index in [-0.39, 0.29) is 42.8 Å². The van der Waals surface area contributed by atoms with Crippen LogP contribution in [0.4, 0.5) is 4.79 Å². The quantitative estimate of drug-likeness (QED) is 0.0704. The van der Waals surface area contributed by atoms with Crippen molar-refractivity contribution in [1.29, 1.82) is 0 Å². The van der Waals surface area contributed by atoms with E-state index < -0.39 is 52.7 Å². The number of amides is 3. The van der Waals surface area contributed by atoms with E-state index in [0.29, 0.717) is 64.3 Å². The maximum atomic E-state index is 14.2. The molecule has 0 unspecified atom stereocenters. The van der Waals surface area contributed by atoms with Gasteiger partial charge in [-0.1, -0.05) is 69.2 Å². The number of alkyl carbamates (subject to hydrolysis) is 1. The molecule has 1 aromatic carbocycles. The van der Waals surface area contributed by atoms with Crippen molar-refractivity contribution in [1.82, 2.24) is 20.6 Å². The Morgan fingerprint density at radius 1 is 0.946 bits per heavy atom. The molecule has 4 atom stereocenters. The third kappa shape index (κ3) is 14.8. The van der Waals surface area contributed by atoms with Gasteiger partial charge in [0.1, 0.15) is 23.8 Å². The van der Waals surface area contributed by atoms with Gasteiger partial charge in [0.15, 0.2) is 0 Å². The molecule has 0 aromatic heterocycles. The van der Waals surface area contributed by atoms with Crippen LogP contribution in [0.15, 0.2) is 42.5 Å². The monoisotopic (exact) mass is 784 g/mol. The van der Waals surface area contributed by atoms with Crippen molar-refractivity contribution in [2.24, 2.45) is 11.8 Å². The van der Waals surface area contributed by atoms with E-state index in [1.807, 2.05) is 84.0 Å². The zero-order chi connectivity index (χ0) is 41.8. The highest BCUT2D eigenvalue weighted by molar-refractivity contribution is 5.92. The Kier molecular flexibility index (Phi) is 16.9. The van der Waals surface area contributed by atoms with Gasteiger partial charge in [-0.25, -0.2) is 9.59 Å². The number of ether oxygens (including phenoxy) is 2. The molecule has 13 heteroatoms. The number of likely N-dealkylation sites (tertiary alicyclic amines) is 1. The predicted molar refractivity (Wildman–Crippen MR) is 214 cm³/mol. The van der Waals surface area contributed by atoms with E-state index in [1.54, 1.807) is 25.7 Å². The number of benzene rings is 1. The number of hydroxylamine groups is 2. The maximum absolute atomic E-state index is 14.2. The lowest BCUT2D eigenvalue weighted by Gasteiger charge is -2.50. The lowest BCUT2D eigenvalue weighted by atomic mass is 9.80. The first-order chi connectivity index (χ1) is 26.1. The van der Waals surface area contributed by atoms with Crippen LogP contribution in [0, 0.1) is 11.8 Å².